The molecule has 1 saturated carbocycles. The third kappa shape index (κ3) is 3.13. The fourth-order valence-electron chi connectivity index (χ4n) is 3.80. The van der Waals surface area contributed by atoms with Crippen LogP contribution < -0.4 is 9.46 Å². The summed E-state index contributed by atoms with van der Waals surface area (Å²) in [6, 6.07) is 7.02. The Bertz CT molecular complexity index is 932. The number of nitrogens with one attached hydrogen (secondary N) is 1. The molecule has 8 heteroatoms. The van der Waals surface area contributed by atoms with Gasteiger partial charge in [0, 0.05) is 13.5 Å². The van der Waals surface area contributed by atoms with Crippen LogP contribution in [0.3, 0.4) is 0 Å². The lowest BCUT2D eigenvalue weighted by molar-refractivity contribution is 0.0280. The summed E-state index contributed by atoms with van der Waals surface area (Å²) < 4.78 is 35.7. The molecular formula is C18H23N3O4S. The van der Waals surface area contributed by atoms with E-state index >= 15 is 0 Å². The lowest BCUT2D eigenvalue weighted by Crippen LogP contribution is -2.41. The number of hydrogen-bond donors (Lipinski definition) is 2. The van der Waals surface area contributed by atoms with E-state index < -0.39 is 10.0 Å². The highest BCUT2D eigenvalue weighted by Gasteiger charge is 2.38. The van der Waals surface area contributed by atoms with Gasteiger partial charge in [0.2, 0.25) is 0 Å². The SMILES string of the molecule is Cc1cc(S(=O)(=O)N[C@H](c2ccc3c(c2)CCO3)C2CC(O)C2)n(C)n1. The van der Waals surface area contributed by atoms with Crippen molar-refractivity contribution in [2.75, 3.05) is 6.61 Å². The molecule has 1 aliphatic heterocycles. The fraction of sp³-hybridized carbons (Fsp3) is 0.500. The summed E-state index contributed by atoms with van der Waals surface area (Å²) in [6.07, 6.45) is 1.65. The summed E-state index contributed by atoms with van der Waals surface area (Å²) in [4.78, 5) is 0. The van der Waals surface area contributed by atoms with E-state index in [0.29, 0.717) is 25.1 Å². The summed E-state index contributed by atoms with van der Waals surface area (Å²) in [5.74, 6) is 0.931. The maximum absolute atomic E-state index is 13.0. The van der Waals surface area contributed by atoms with Crippen LogP contribution in [-0.2, 0) is 23.5 Å². The Morgan fingerprint density at radius 1 is 1.35 bits per heavy atom. The quantitative estimate of drug-likeness (QED) is 0.823. The third-order valence-corrected chi connectivity index (χ3v) is 6.71. The average molecular weight is 377 g/mol. The van der Waals surface area contributed by atoms with Gasteiger partial charge in [-0.2, -0.15) is 5.10 Å². The summed E-state index contributed by atoms with van der Waals surface area (Å²) in [5, 5.41) is 14.0. The number of aryl methyl sites for hydroxylation is 2. The van der Waals surface area contributed by atoms with Gasteiger partial charge in [-0.1, -0.05) is 12.1 Å². The van der Waals surface area contributed by atoms with Gasteiger partial charge in [0.1, 0.15) is 5.75 Å². The molecule has 1 aromatic carbocycles. The van der Waals surface area contributed by atoms with E-state index in [1.54, 1.807) is 20.0 Å². The molecule has 1 atom stereocenters. The maximum atomic E-state index is 13.0. The molecule has 1 fully saturated rings. The summed E-state index contributed by atoms with van der Waals surface area (Å²) >= 11 is 0. The van der Waals surface area contributed by atoms with Crippen molar-refractivity contribution in [3.8, 4) is 5.75 Å². The van der Waals surface area contributed by atoms with Crippen LogP contribution in [0.2, 0.25) is 0 Å². The maximum Gasteiger partial charge on any atom is 0.258 e. The Labute approximate surface area is 153 Å². The summed E-state index contributed by atoms with van der Waals surface area (Å²) in [6.45, 7) is 2.42. The largest absolute Gasteiger partial charge is 0.493 e. The minimum absolute atomic E-state index is 0.0643. The van der Waals surface area contributed by atoms with Crippen molar-refractivity contribution in [3.05, 3.63) is 41.1 Å². The highest BCUT2D eigenvalue weighted by Crippen LogP contribution is 2.40. The molecule has 1 aromatic heterocycles. The molecule has 0 unspecified atom stereocenters. The second-order valence-electron chi connectivity index (χ2n) is 7.20. The number of aromatic nitrogens is 2. The van der Waals surface area contributed by atoms with E-state index in [0.717, 1.165) is 23.3 Å². The molecule has 1 aliphatic carbocycles. The van der Waals surface area contributed by atoms with Gasteiger partial charge in [-0.25, -0.2) is 13.1 Å². The molecule has 140 valence electrons. The molecule has 4 rings (SSSR count). The molecule has 0 radical (unpaired) electrons. The van der Waals surface area contributed by atoms with Gasteiger partial charge < -0.3 is 9.84 Å². The van der Waals surface area contributed by atoms with Gasteiger partial charge in [0.05, 0.1) is 24.4 Å². The summed E-state index contributed by atoms with van der Waals surface area (Å²) in [5.41, 5.74) is 2.66. The van der Waals surface area contributed by atoms with E-state index in [4.69, 9.17) is 4.74 Å². The predicted molar refractivity (Wildman–Crippen MR) is 95.4 cm³/mol. The molecule has 2 aromatic rings. The molecule has 0 saturated heterocycles. The second kappa shape index (κ2) is 6.37. The average Bonchev–Trinajstić information content (AvgIpc) is 3.15. The smallest absolute Gasteiger partial charge is 0.258 e. The lowest BCUT2D eigenvalue weighted by Gasteiger charge is -2.38. The van der Waals surface area contributed by atoms with Crippen LogP contribution in [0.4, 0.5) is 0 Å². The summed E-state index contributed by atoms with van der Waals surface area (Å²) in [7, 11) is -2.11. The number of aliphatic hydroxyl groups is 1. The minimum atomic E-state index is -3.73. The monoisotopic (exact) mass is 377 g/mol. The Balaban J connectivity index is 1.67. The number of sulfonamides is 1. The van der Waals surface area contributed by atoms with Gasteiger partial charge in [-0.3, -0.25) is 4.68 Å². The molecule has 2 aliphatic rings. The van der Waals surface area contributed by atoms with Crippen LogP contribution in [-0.4, -0.2) is 36.0 Å². The fourth-order valence-corrected chi connectivity index (χ4v) is 5.30. The Morgan fingerprint density at radius 3 is 2.77 bits per heavy atom. The number of nitrogens with zero attached hydrogens (tertiary/aromatic N) is 2. The van der Waals surface area contributed by atoms with E-state index in [9.17, 15) is 13.5 Å². The topological polar surface area (TPSA) is 93.5 Å². The van der Waals surface area contributed by atoms with Crippen LogP contribution >= 0.6 is 0 Å². The lowest BCUT2D eigenvalue weighted by atomic mass is 9.75. The first-order valence-corrected chi connectivity index (χ1v) is 10.3. The van der Waals surface area contributed by atoms with Crippen LogP contribution in [0, 0.1) is 12.8 Å². The first-order chi connectivity index (χ1) is 12.3. The number of benzene rings is 1. The molecule has 7 nitrogen and oxygen atoms in total. The molecule has 0 spiro atoms. The van der Waals surface area contributed by atoms with Crippen molar-refractivity contribution < 1.29 is 18.3 Å². The first kappa shape index (κ1) is 17.5. The number of fused-ring (bicyclic) bond motifs is 1. The highest BCUT2D eigenvalue weighted by molar-refractivity contribution is 7.89. The predicted octanol–water partition coefficient (Wildman–Crippen LogP) is 1.45. The van der Waals surface area contributed by atoms with Gasteiger partial charge >= 0.3 is 0 Å². The van der Waals surface area contributed by atoms with Crippen molar-refractivity contribution in [2.45, 2.75) is 43.4 Å². The molecule has 0 amide bonds. The van der Waals surface area contributed by atoms with Crippen molar-refractivity contribution >= 4 is 10.0 Å². The molecule has 26 heavy (non-hydrogen) atoms. The highest BCUT2D eigenvalue weighted by atomic mass is 32.2. The Kier molecular flexibility index (Phi) is 4.29. The van der Waals surface area contributed by atoms with Crippen molar-refractivity contribution in [2.24, 2.45) is 13.0 Å². The molecular weight excluding hydrogens is 354 g/mol. The normalized spacial score (nSPS) is 23.2. The van der Waals surface area contributed by atoms with Crippen molar-refractivity contribution in [3.63, 3.8) is 0 Å². The zero-order valence-corrected chi connectivity index (χ0v) is 15.7. The Morgan fingerprint density at radius 2 is 2.12 bits per heavy atom. The third-order valence-electron chi connectivity index (χ3n) is 5.21. The van der Waals surface area contributed by atoms with Gasteiger partial charge in [-0.15, -0.1) is 0 Å². The Hall–Kier alpha value is -1.90. The zero-order valence-electron chi connectivity index (χ0n) is 14.8. The van der Waals surface area contributed by atoms with E-state index in [-0.39, 0.29) is 23.1 Å². The van der Waals surface area contributed by atoms with Crippen LogP contribution in [0.1, 0.15) is 35.7 Å². The minimum Gasteiger partial charge on any atom is -0.493 e. The molecule has 2 N–H and O–H groups in total. The van der Waals surface area contributed by atoms with Crippen LogP contribution in [0.5, 0.6) is 5.75 Å². The number of ether oxygens (including phenoxy) is 1. The van der Waals surface area contributed by atoms with Gasteiger partial charge in [-0.05, 0) is 48.9 Å². The van der Waals surface area contributed by atoms with Crippen LogP contribution in [0.15, 0.2) is 29.3 Å². The first-order valence-electron chi connectivity index (χ1n) is 8.80. The van der Waals surface area contributed by atoms with Crippen LogP contribution in [0.25, 0.3) is 0 Å². The van der Waals surface area contributed by atoms with Gasteiger partial charge in [0.25, 0.3) is 10.0 Å². The second-order valence-corrected chi connectivity index (χ2v) is 8.86. The van der Waals surface area contributed by atoms with E-state index in [2.05, 4.69) is 9.82 Å². The van der Waals surface area contributed by atoms with Crippen molar-refractivity contribution in [1.29, 1.82) is 0 Å². The standard InChI is InChI=1S/C18H23N3O4S/c1-11-7-17(21(2)19-11)26(23,24)20-18(14-9-15(22)10-14)13-3-4-16-12(8-13)5-6-25-16/h3-4,7-8,14-15,18,20,22H,5-6,9-10H2,1-2H3/t14?,15?,18-/m1/s1. The van der Waals surface area contributed by atoms with E-state index in [1.807, 2.05) is 18.2 Å². The number of hydrogen-bond acceptors (Lipinski definition) is 5. The van der Waals surface area contributed by atoms with E-state index in [1.165, 1.54) is 4.68 Å². The molecule has 0 bridgehead atoms. The number of aliphatic hydroxyl groups excluding tert-OH is 1. The molecule has 2 heterocycles. The number of rotatable bonds is 5. The van der Waals surface area contributed by atoms with Gasteiger partial charge in [0.15, 0.2) is 5.03 Å². The van der Waals surface area contributed by atoms with Crippen molar-refractivity contribution in [1.82, 2.24) is 14.5 Å². The zero-order chi connectivity index (χ0) is 18.5.